The van der Waals surface area contributed by atoms with Crippen molar-refractivity contribution < 1.29 is 9.90 Å². The van der Waals surface area contributed by atoms with Gasteiger partial charge in [0.05, 0.1) is 18.7 Å². The van der Waals surface area contributed by atoms with Gasteiger partial charge in [-0.2, -0.15) is 0 Å². The fourth-order valence-corrected chi connectivity index (χ4v) is 3.15. The molecule has 3 rings (SSSR count). The maximum absolute atomic E-state index is 12.5. The molecule has 0 spiro atoms. The van der Waals surface area contributed by atoms with E-state index in [1.165, 1.54) is 0 Å². The van der Waals surface area contributed by atoms with Crippen molar-refractivity contribution in [1.29, 1.82) is 0 Å². The van der Waals surface area contributed by atoms with Crippen LogP contribution < -0.4 is 5.73 Å². The number of amides is 1. The van der Waals surface area contributed by atoms with Crippen molar-refractivity contribution in [2.75, 3.05) is 13.2 Å². The summed E-state index contributed by atoms with van der Waals surface area (Å²) in [6.45, 7) is 0.719. The SMILES string of the molecule is N[C@H](Cc1c[nH]c2ccccc12)C(=O)N1CCC[C@H]1CO. The largest absolute Gasteiger partial charge is 0.394 e. The monoisotopic (exact) mass is 287 g/mol. The number of aromatic nitrogens is 1. The fraction of sp³-hybridized carbons (Fsp3) is 0.438. The molecule has 21 heavy (non-hydrogen) atoms. The number of benzene rings is 1. The lowest BCUT2D eigenvalue weighted by Gasteiger charge is -2.26. The molecule has 0 radical (unpaired) electrons. The lowest BCUT2D eigenvalue weighted by molar-refractivity contribution is -0.134. The predicted octanol–water partition coefficient (Wildman–Crippen LogP) is 1.02. The number of hydrogen-bond acceptors (Lipinski definition) is 3. The van der Waals surface area contributed by atoms with E-state index in [0.717, 1.165) is 29.3 Å². The van der Waals surface area contributed by atoms with Gasteiger partial charge in [0, 0.05) is 23.6 Å². The van der Waals surface area contributed by atoms with Crippen molar-refractivity contribution in [2.24, 2.45) is 5.73 Å². The molecule has 1 aromatic heterocycles. The second-order valence-corrected chi connectivity index (χ2v) is 5.68. The second kappa shape index (κ2) is 5.87. The van der Waals surface area contributed by atoms with Crippen LogP contribution in [-0.2, 0) is 11.2 Å². The number of nitrogens with one attached hydrogen (secondary N) is 1. The van der Waals surface area contributed by atoms with Crippen LogP contribution in [0.25, 0.3) is 10.9 Å². The zero-order chi connectivity index (χ0) is 14.8. The Bertz CT molecular complexity index is 637. The molecule has 4 N–H and O–H groups in total. The first-order chi connectivity index (χ1) is 10.2. The van der Waals surface area contributed by atoms with Crippen molar-refractivity contribution >= 4 is 16.8 Å². The third kappa shape index (κ3) is 2.66. The van der Waals surface area contributed by atoms with Gasteiger partial charge < -0.3 is 20.7 Å². The summed E-state index contributed by atoms with van der Waals surface area (Å²) in [5, 5.41) is 10.4. The highest BCUT2D eigenvalue weighted by molar-refractivity contribution is 5.86. The number of carbonyl (C=O) groups is 1. The highest BCUT2D eigenvalue weighted by Crippen LogP contribution is 2.21. The summed E-state index contributed by atoms with van der Waals surface area (Å²) in [6, 6.07) is 7.38. The Morgan fingerprint density at radius 2 is 2.29 bits per heavy atom. The summed E-state index contributed by atoms with van der Waals surface area (Å²) in [6.07, 6.45) is 4.24. The van der Waals surface area contributed by atoms with Gasteiger partial charge in [0.25, 0.3) is 0 Å². The van der Waals surface area contributed by atoms with Gasteiger partial charge in [-0.25, -0.2) is 0 Å². The molecule has 1 aromatic carbocycles. The number of aromatic amines is 1. The van der Waals surface area contributed by atoms with Gasteiger partial charge in [0.2, 0.25) is 5.91 Å². The molecule has 1 saturated heterocycles. The Hall–Kier alpha value is -1.85. The summed E-state index contributed by atoms with van der Waals surface area (Å²) >= 11 is 0. The normalized spacial score (nSPS) is 20.1. The number of hydrogen-bond donors (Lipinski definition) is 3. The minimum atomic E-state index is -0.559. The van der Waals surface area contributed by atoms with E-state index in [1.807, 2.05) is 30.5 Å². The van der Waals surface area contributed by atoms with Gasteiger partial charge in [-0.1, -0.05) is 18.2 Å². The molecule has 2 aromatic rings. The van der Waals surface area contributed by atoms with E-state index in [9.17, 15) is 9.90 Å². The van der Waals surface area contributed by atoms with Gasteiger partial charge >= 0.3 is 0 Å². The minimum absolute atomic E-state index is 0.0194. The van der Waals surface area contributed by atoms with Gasteiger partial charge in [-0.15, -0.1) is 0 Å². The Labute approximate surface area is 123 Å². The number of H-pyrrole nitrogens is 1. The summed E-state index contributed by atoms with van der Waals surface area (Å²) < 4.78 is 0. The number of fused-ring (bicyclic) bond motifs is 1. The van der Waals surface area contributed by atoms with Gasteiger partial charge in [0.1, 0.15) is 0 Å². The quantitative estimate of drug-likeness (QED) is 0.785. The van der Waals surface area contributed by atoms with Crippen molar-refractivity contribution in [1.82, 2.24) is 9.88 Å². The third-order valence-electron chi connectivity index (χ3n) is 4.30. The van der Waals surface area contributed by atoms with Gasteiger partial charge in [0.15, 0.2) is 0 Å². The number of nitrogens with zero attached hydrogens (tertiary/aromatic N) is 1. The molecule has 5 nitrogen and oxygen atoms in total. The van der Waals surface area contributed by atoms with Crippen LogP contribution in [0.15, 0.2) is 30.5 Å². The van der Waals surface area contributed by atoms with Crippen molar-refractivity contribution in [3.8, 4) is 0 Å². The fourth-order valence-electron chi connectivity index (χ4n) is 3.15. The maximum atomic E-state index is 12.5. The predicted molar refractivity (Wildman–Crippen MR) is 81.8 cm³/mol. The number of carbonyl (C=O) groups excluding carboxylic acids is 1. The average Bonchev–Trinajstić information content (AvgIpc) is 3.13. The van der Waals surface area contributed by atoms with E-state index in [-0.39, 0.29) is 18.6 Å². The molecular formula is C16H21N3O2. The second-order valence-electron chi connectivity index (χ2n) is 5.68. The molecule has 1 amide bonds. The standard InChI is InChI=1S/C16H21N3O2/c17-14(16(21)19-7-3-4-12(19)10-20)8-11-9-18-15-6-2-1-5-13(11)15/h1-2,5-6,9,12,14,18,20H,3-4,7-8,10,17H2/t12-,14+/m0/s1. The molecule has 1 fully saturated rings. The Balaban J connectivity index is 1.74. The molecular weight excluding hydrogens is 266 g/mol. The molecule has 0 aliphatic carbocycles. The first-order valence-corrected chi connectivity index (χ1v) is 7.42. The van der Waals surface area contributed by atoms with Crippen LogP contribution in [-0.4, -0.2) is 46.1 Å². The van der Waals surface area contributed by atoms with E-state index in [4.69, 9.17) is 5.73 Å². The van der Waals surface area contributed by atoms with Crippen molar-refractivity contribution in [3.05, 3.63) is 36.0 Å². The molecule has 1 aliphatic rings. The van der Waals surface area contributed by atoms with Crippen LogP contribution in [0, 0.1) is 0 Å². The zero-order valence-electron chi connectivity index (χ0n) is 12.0. The van der Waals surface area contributed by atoms with Crippen molar-refractivity contribution in [2.45, 2.75) is 31.3 Å². The Morgan fingerprint density at radius 1 is 1.48 bits per heavy atom. The minimum Gasteiger partial charge on any atom is -0.394 e. The van der Waals surface area contributed by atoms with Crippen LogP contribution in [0.2, 0.25) is 0 Å². The molecule has 2 atom stereocenters. The van der Waals surface area contributed by atoms with E-state index in [1.54, 1.807) is 4.90 Å². The molecule has 5 heteroatoms. The molecule has 1 aliphatic heterocycles. The molecule has 0 unspecified atom stereocenters. The third-order valence-corrected chi connectivity index (χ3v) is 4.30. The smallest absolute Gasteiger partial charge is 0.240 e. The number of nitrogens with two attached hydrogens (primary N) is 1. The number of aliphatic hydroxyl groups is 1. The maximum Gasteiger partial charge on any atom is 0.240 e. The summed E-state index contributed by atoms with van der Waals surface area (Å²) in [7, 11) is 0. The lowest BCUT2D eigenvalue weighted by atomic mass is 10.0. The van der Waals surface area contributed by atoms with E-state index < -0.39 is 6.04 Å². The van der Waals surface area contributed by atoms with Crippen molar-refractivity contribution in [3.63, 3.8) is 0 Å². The number of aliphatic hydroxyl groups excluding tert-OH is 1. The Kier molecular flexibility index (Phi) is 3.94. The summed E-state index contributed by atoms with van der Waals surface area (Å²) in [5.74, 6) is -0.0585. The van der Waals surface area contributed by atoms with E-state index in [0.29, 0.717) is 13.0 Å². The van der Waals surface area contributed by atoms with E-state index in [2.05, 4.69) is 4.98 Å². The van der Waals surface area contributed by atoms with Gasteiger partial charge in [-0.05, 0) is 30.9 Å². The Morgan fingerprint density at radius 3 is 3.10 bits per heavy atom. The molecule has 0 saturated carbocycles. The molecule has 112 valence electrons. The van der Waals surface area contributed by atoms with Gasteiger partial charge in [-0.3, -0.25) is 4.79 Å². The van der Waals surface area contributed by atoms with Crippen LogP contribution >= 0.6 is 0 Å². The van der Waals surface area contributed by atoms with Crippen LogP contribution in [0.4, 0.5) is 0 Å². The average molecular weight is 287 g/mol. The van der Waals surface area contributed by atoms with Crippen LogP contribution in [0.3, 0.4) is 0 Å². The van der Waals surface area contributed by atoms with E-state index >= 15 is 0 Å². The van der Waals surface area contributed by atoms with Crippen LogP contribution in [0.1, 0.15) is 18.4 Å². The topological polar surface area (TPSA) is 82.4 Å². The van der Waals surface area contributed by atoms with Crippen LogP contribution in [0.5, 0.6) is 0 Å². The first-order valence-electron chi connectivity index (χ1n) is 7.42. The summed E-state index contributed by atoms with van der Waals surface area (Å²) in [4.78, 5) is 17.4. The number of para-hydroxylation sites is 1. The zero-order valence-corrected chi connectivity index (χ0v) is 12.0. The molecule has 0 bridgehead atoms. The highest BCUT2D eigenvalue weighted by Gasteiger charge is 2.31. The molecule has 2 heterocycles. The lowest BCUT2D eigenvalue weighted by Crippen LogP contribution is -2.47. The summed E-state index contributed by atoms with van der Waals surface area (Å²) in [5.41, 5.74) is 8.23. The highest BCUT2D eigenvalue weighted by atomic mass is 16.3. The number of likely N-dealkylation sites (tertiary alicyclic amines) is 1. The first kappa shape index (κ1) is 14.1. The number of rotatable bonds is 4.